The first-order valence-electron chi connectivity index (χ1n) is 7.25. The van der Waals surface area contributed by atoms with Crippen LogP contribution in [-0.2, 0) is 6.42 Å². The molecule has 0 unspecified atom stereocenters. The van der Waals surface area contributed by atoms with Gasteiger partial charge in [0.2, 0.25) is 0 Å². The number of aryl methyl sites for hydroxylation is 2. The van der Waals surface area contributed by atoms with Gasteiger partial charge in [-0.3, -0.25) is 0 Å². The number of halogens is 1. The first kappa shape index (κ1) is 15.9. The van der Waals surface area contributed by atoms with E-state index in [0.29, 0.717) is 0 Å². The molecule has 21 heavy (non-hydrogen) atoms. The highest BCUT2D eigenvalue weighted by molar-refractivity contribution is 9.10. The van der Waals surface area contributed by atoms with E-state index in [2.05, 4.69) is 71.5 Å². The minimum Gasteiger partial charge on any atom is -0.398 e. The molecule has 2 rings (SSSR count). The van der Waals surface area contributed by atoms with Crippen LogP contribution in [0.3, 0.4) is 0 Å². The number of hydrogen-bond acceptors (Lipinski definition) is 2. The molecule has 0 aromatic heterocycles. The van der Waals surface area contributed by atoms with Crippen molar-refractivity contribution >= 4 is 27.3 Å². The van der Waals surface area contributed by atoms with Crippen molar-refractivity contribution in [3.63, 3.8) is 0 Å². The number of benzene rings is 2. The maximum atomic E-state index is 5.93. The number of rotatable bonds is 5. The molecular formula is C18H23BrN2. The van der Waals surface area contributed by atoms with Gasteiger partial charge in [0.05, 0.1) is 0 Å². The minimum atomic E-state index is 0.0148. The average molecular weight is 347 g/mol. The molecule has 0 saturated carbocycles. The summed E-state index contributed by atoms with van der Waals surface area (Å²) in [5.74, 6) is 0. The zero-order valence-corrected chi connectivity index (χ0v) is 14.5. The van der Waals surface area contributed by atoms with Crippen LogP contribution in [0.2, 0.25) is 0 Å². The van der Waals surface area contributed by atoms with Crippen LogP contribution in [0.1, 0.15) is 31.4 Å². The summed E-state index contributed by atoms with van der Waals surface area (Å²) < 4.78 is 1.01. The quantitative estimate of drug-likeness (QED) is 0.733. The van der Waals surface area contributed by atoms with E-state index in [-0.39, 0.29) is 5.54 Å². The molecule has 0 aliphatic heterocycles. The normalized spacial score (nSPS) is 11.4. The van der Waals surface area contributed by atoms with Crippen LogP contribution in [0.25, 0.3) is 0 Å². The summed E-state index contributed by atoms with van der Waals surface area (Å²) in [6.45, 7) is 6.49. The van der Waals surface area contributed by atoms with E-state index in [1.54, 1.807) is 0 Å². The Morgan fingerprint density at radius 1 is 1.14 bits per heavy atom. The molecular weight excluding hydrogens is 324 g/mol. The van der Waals surface area contributed by atoms with Crippen molar-refractivity contribution in [2.45, 2.75) is 39.2 Å². The molecule has 0 amide bonds. The van der Waals surface area contributed by atoms with Crippen molar-refractivity contribution in [3.8, 4) is 0 Å². The molecule has 0 spiro atoms. The molecule has 3 N–H and O–H groups in total. The third kappa shape index (κ3) is 4.50. The van der Waals surface area contributed by atoms with Gasteiger partial charge in [0.25, 0.3) is 0 Å². The third-order valence-corrected chi connectivity index (χ3v) is 4.37. The van der Waals surface area contributed by atoms with Crippen molar-refractivity contribution in [1.82, 2.24) is 0 Å². The van der Waals surface area contributed by atoms with E-state index in [4.69, 9.17) is 5.73 Å². The fourth-order valence-electron chi connectivity index (χ4n) is 2.32. The lowest BCUT2D eigenvalue weighted by atomic mass is 9.94. The van der Waals surface area contributed by atoms with Gasteiger partial charge in [0, 0.05) is 21.4 Å². The first-order valence-corrected chi connectivity index (χ1v) is 8.04. The largest absolute Gasteiger partial charge is 0.398 e. The molecule has 2 nitrogen and oxygen atoms in total. The van der Waals surface area contributed by atoms with E-state index in [9.17, 15) is 0 Å². The highest BCUT2D eigenvalue weighted by Crippen LogP contribution is 2.31. The molecule has 0 radical (unpaired) electrons. The van der Waals surface area contributed by atoms with Gasteiger partial charge in [0.15, 0.2) is 0 Å². The highest BCUT2D eigenvalue weighted by Gasteiger charge is 2.18. The number of nitrogen functional groups attached to an aromatic ring is 1. The Labute approximate surface area is 135 Å². The molecule has 112 valence electrons. The second-order valence-electron chi connectivity index (χ2n) is 6.18. The Hall–Kier alpha value is -1.48. The number of hydrogen-bond donors (Lipinski definition) is 2. The maximum absolute atomic E-state index is 5.93. The lowest BCUT2D eigenvalue weighted by molar-refractivity contribution is 0.518. The van der Waals surface area contributed by atoms with Crippen LogP contribution in [-0.4, -0.2) is 5.54 Å². The minimum absolute atomic E-state index is 0.0148. The van der Waals surface area contributed by atoms with Crippen LogP contribution in [0.4, 0.5) is 11.4 Å². The summed E-state index contributed by atoms with van der Waals surface area (Å²) in [5.41, 5.74) is 10.3. The zero-order valence-electron chi connectivity index (χ0n) is 12.9. The van der Waals surface area contributed by atoms with Crippen LogP contribution in [0, 0.1) is 6.92 Å². The van der Waals surface area contributed by atoms with Gasteiger partial charge in [-0.2, -0.15) is 0 Å². The Balaban J connectivity index is 2.05. The van der Waals surface area contributed by atoms with Gasteiger partial charge in [-0.1, -0.05) is 30.3 Å². The molecule has 0 fully saturated rings. The van der Waals surface area contributed by atoms with Crippen molar-refractivity contribution in [2.24, 2.45) is 0 Å². The van der Waals surface area contributed by atoms with E-state index in [1.807, 2.05) is 13.0 Å². The highest BCUT2D eigenvalue weighted by atomic mass is 79.9. The second-order valence-corrected chi connectivity index (χ2v) is 7.04. The lowest BCUT2D eigenvalue weighted by Crippen LogP contribution is -2.31. The monoisotopic (exact) mass is 346 g/mol. The summed E-state index contributed by atoms with van der Waals surface area (Å²) in [6, 6.07) is 14.7. The van der Waals surface area contributed by atoms with Gasteiger partial charge >= 0.3 is 0 Å². The smallest absolute Gasteiger partial charge is 0.0492 e. The molecule has 2 aromatic carbocycles. The van der Waals surface area contributed by atoms with Gasteiger partial charge < -0.3 is 11.1 Å². The predicted octanol–water partition coefficient (Wildman–Crippen LogP) is 5.16. The standard InChI is InChI=1S/C18H23BrN2/c1-13-11-17(15(19)12-16(13)20)21-18(2,3)10-9-14-7-5-4-6-8-14/h4-8,11-12,21H,9-10,20H2,1-3H3. The molecule has 0 bridgehead atoms. The summed E-state index contributed by atoms with van der Waals surface area (Å²) in [5, 5.41) is 3.62. The van der Waals surface area contributed by atoms with Gasteiger partial charge in [0.1, 0.15) is 0 Å². The van der Waals surface area contributed by atoms with Crippen LogP contribution < -0.4 is 11.1 Å². The third-order valence-electron chi connectivity index (χ3n) is 3.71. The Kier molecular flexibility index (Phi) is 4.94. The van der Waals surface area contributed by atoms with Crippen molar-refractivity contribution in [2.75, 3.05) is 11.1 Å². The Bertz CT molecular complexity index is 606. The average Bonchev–Trinajstić information content (AvgIpc) is 2.44. The SMILES string of the molecule is Cc1cc(NC(C)(C)CCc2ccccc2)c(Br)cc1N. The number of nitrogens with two attached hydrogens (primary N) is 1. The van der Waals surface area contributed by atoms with E-state index in [1.165, 1.54) is 5.56 Å². The Morgan fingerprint density at radius 2 is 1.81 bits per heavy atom. The predicted molar refractivity (Wildman–Crippen MR) is 95.8 cm³/mol. The van der Waals surface area contributed by atoms with Crippen LogP contribution in [0.15, 0.2) is 46.9 Å². The topological polar surface area (TPSA) is 38.0 Å². The van der Waals surface area contributed by atoms with Crippen LogP contribution >= 0.6 is 15.9 Å². The molecule has 0 heterocycles. The van der Waals surface area contributed by atoms with E-state index >= 15 is 0 Å². The fourth-order valence-corrected chi connectivity index (χ4v) is 2.78. The Morgan fingerprint density at radius 3 is 2.48 bits per heavy atom. The fraction of sp³-hybridized carbons (Fsp3) is 0.333. The van der Waals surface area contributed by atoms with Crippen molar-refractivity contribution < 1.29 is 0 Å². The van der Waals surface area contributed by atoms with E-state index < -0.39 is 0 Å². The maximum Gasteiger partial charge on any atom is 0.0492 e. The molecule has 0 saturated heterocycles. The second kappa shape index (κ2) is 6.52. The van der Waals surface area contributed by atoms with Gasteiger partial charge in [-0.15, -0.1) is 0 Å². The number of nitrogens with one attached hydrogen (secondary N) is 1. The summed E-state index contributed by atoms with van der Waals surface area (Å²) >= 11 is 3.59. The molecule has 0 aliphatic carbocycles. The summed E-state index contributed by atoms with van der Waals surface area (Å²) in [4.78, 5) is 0. The first-order chi connectivity index (χ1) is 9.87. The molecule has 0 atom stereocenters. The van der Waals surface area contributed by atoms with Gasteiger partial charge in [-0.05, 0) is 72.8 Å². The summed E-state index contributed by atoms with van der Waals surface area (Å²) in [6.07, 6.45) is 2.12. The van der Waals surface area contributed by atoms with E-state index in [0.717, 1.165) is 34.3 Å². The zero-order chi connectivity index (χ0) is 15.5. The van der Waals surface area contributed by atoms with Gasteiger partial charge in [-0.25, -0.2) is 0 Å². The number of anilines is 2. The van der Waals surface area contributed by atoms with Crippen LogP contribution in [0.5, 0.6) is 0 Å². The molecule has 2 aromatic rings. The molecule has 0 aliphatic rings. The lowest BCUT2D eigenvalue weighted by Gasteiger charge is -2.29. The summed E-state index contributed by atoms with van der Waals surface area (Å²) in [7, 11) is 0. The van der Waals surface area contributed by atoms with Crippen molar-refractivity contribution in [1.29, 1.82) is 0 Å². The molecule has 3 heteroatoms. The van der Waals surface area contributed by atoms with Crippen molar-refractivity contribution in [3.05, 3.63) is 58.1 Å².